The molecule has 0 radical (unpaired) electrons. The number of hydrogen-bond acceptors (Lipinski definition) is 4. The fourth-order valence-corrected chi connectivity index (χ4v) is 1.88. The van der Waals surface area contributed by atoms with E-state index in [0.717, 1.165) is 0 Å². The zero-order valence-electron chi connectivity index (χ0n) is 7.38. The zero-order valence-corrected chi connectivity index (χ0v) is 8.28. The van der Waals surface area contributed by atoms with Gasteiger partial charge < -0.3 is 4.52 Å². The lowest BCUT2D eigenvalue weighted by atomic mass is 10.2. The molecule has 0 bridgehead atoms. The fourth-order valence-electron chi connectivity index (χ4n) is 1.01. The molecule has 1 aromatic carbocycles. The molecule has 74 valence electrons. The lowest BCUT2D eigenvalue weighted by molar-refractivity contribution is 0.0712. The van der Waals surface area contributed by atoms with Crippen LogP contribution in [-0.4, -0.2) is 19.2 Å². The van der Waals surface area contributed by atoms with Gasteiger partial charge in [-0.15, -0.1) is 0 Å². The van der Waals surface area contributed by atoms with Crippen molar-refractivity contribution in [3.05, 3.63) is 35.9 Å². The molecule has 1 aliphatic heterocycles. The van der Waals surface area contributed by atoms with Crippen molar-refractivity contribution in [2.75, 3.05) is 13.2 Å². The number of carbonyl (C=O) groups is 1. The van der Waals surface area contributed by atoms with Gasteiger partial charge >= 0.3 is 14.6 Å². The second-order valence-electron chi connectivity index (χ2n) is 2.63. The molecular weight excluding hydrogens is 203 g/mol. The number of benzene rings is 1. The van der Waals surface area contributed by atoms with Crippen molar-refractivity contribution in [2.24, 2.45) is 0 Å². The summed E-state index contributed by atoms with van der Waals surface area (Å²) in [5, 5.41) is 0. The molecule has 0 aliphatic carbocycles. The molecule has 0 amide bonds. The van der Waals surface area contributed by atoms with Crippen LogP contribution in [0.2, 0.25) is 0 Å². The average Bonchev–Trinajstić information content (AvgIpc) is 2.72. The second-order valence-corrected chi connectivity index (χ2v) is 3.78. The van der Waals surface area contributed by atoms with Gasteiger partial charge in [-0.1, -0.05) is 18.2 Å². The Kier molecular flexibility index (Phi) is 3.09. The van der Waals surface area contributed by atoms with Gasteiger partial charge in [0.25, 0.3) is 0 Å². The summed E-state index contributed by atoms with van der Waals surface area (Å²) in [6.45, 7) is 0.988. The first-order valence-corrected chi connectivity index (χ1v) is 5.29. The van der Waals surface area contributed by atoms with Crippen LogP contribution in [0.3, 0.4) is 0 Å². The highest BCUT2D eigenvalue weighted by Gasteiger charge is 2.23. The van der Waals surface area contributed by atoms with E-state index in [2.05, 4.69) is 0 Å². The van der Waals surface area contributed by atoms with Crippen molar-refractivity contribution in [3.8, 4) is 0 Å². The quantitative estimate of drug-likeness (QED) is 0.704. The van der Waals surface area contributed by atoms with Crippen molar-refractivity contribution >= 4 is 14.6 Å². The third kappa shape index (κ3) is 2.29. The molecule has 1 fully saturated rings. The van der Waals surface area contributed by atoms with Crippen molar-refractivity contribution in [1.29, 1.82) is 0 Å². The lowest BCUT2D eigenvalue weighted by Gasteiger charge is -2.06. The molecule has 2 rings (SSSR count). The van der Waals surface area contributed by atoms with Crippen LogP contribution in [0, 0.1) is 0 Å². The van der Waals surface area contributed by atoms with Crippen molar-refractivity contribution in [1.82, 2.24) is 0 Å². The van der Waals surface area contributed by atoms with Crippen molar-refractivity contribution < 1.29 is 18.4 Å². The summed E-state index contributed by atoms with van der Waals surface area (Å²) in [4.78, 5) is 11.4. The minimum atomic E-state index is -1.46. The number of rotatable bonds is 2. The highest BCUT2D eigenvalue weighted by molar-refractivity contribution is 7.42. The summed E-state index contributed by atoms with van der Waals surface area (Å²) < 4.78 is 15.1. The molecule has 5 heteroatoms. The normalized spacial score (nSPS) is 16.9. The summed E-state index contributed by atoms with van der Waals surface area (Å²) in [5.74, 6) is -0.404. The van der Waals surface area contributed by atoms with Crippen molar-refractivity contribution in [2.45, 2.75) is 0 Å². The average molecular weight is 212 g/mol. The molecular formula is C9H9O4P. The first kappa shape index (κ1) is 9.59. The first-order chi connectivity index (χ1) is 6.86. The Hall–Kier alpha value is -0.960. The van der Waals surface area contributed by atoms with Crippen LogP contribution >= 0.6 is 8.60 Å². The molecule has 4 nitrogen and oxygen atoms in total. The maximum Gasteiger partial charge on any atom is 0.399 e. The molecule has 0 saturated carbocycles. The molecule has 1 aromatic rings. The number of hydrogen-bond donors (Lipinski definition) is 0. The maximum atomic E-state index is 11.4. The van der Waals surface area contributed by atoms with Crippen molar-refractivity contribution in [3.63, 3.8) is 0 Å². The highest BCUT2D eigenvalue weighted by Crippen LogP contribution is 2.44. The Balaban J connectivity index is 1.95. The fraction of sp³-hybridized carbons (Fsp3) is 0.222. The molecule has 0 N–H and O–H groups in total. The predicted molar refractivity (Wildman–Crippen MR) is 50.7 cm³/mol. The summed E-state index contributed by atoms with van der Waals surface area (Å²) in [7, 11) is -1.46. The van der Waals surface area contributed by atoms with Crippen LogP contribution in [0.15, 0.2) is 30.3 Å². The molecule has 1 aliphatic rings. The Morgan fingerprint density at radius 1 is 1.21 bits per heavy atom. The Bertz CT molecular complexity index is 308. The minimum absolute atomic E-state index is 0.404. The minimum Gasteiger partial charge on any atom is -0.390 e. The molecule has 1 saturated heterocycles. The standard InChI is InChI=1S/C9H9O4P/c10-9(8-4-2-1-3-5-8)13-14-11-6-7-12-14/h1-5H,6-7H2. The molecule has 0 spiro atoms. The van der Waals surface area contributed by atoms with Gasteiger partial charge in [0.1, 0.15) is 0 Å². The van der Waals surface area contributed by atoms with E-state index in [1.54, 1.807) is 24.3 Å². The van der Waals surface area contributed by atoms with E-state index >= 15 is 0 Å². The van der Waals surface area contributed by atoms with Crippen LogP contribution < -0.4 is 0 Å². The SMILES string of the molecule is O=C(OP1OCCO1)c1ccccc1. The molecule has 0 aromatic heterocycles. The highest BCUT2D eigenvalue weighted by atomic mass is 31.2. The number of carbonyl (C=O) groups excluding carboxylic acids is 1. The molecule has 1 heterocycles. The van der Waals surface area contributed by atoms with Crippen LogP contribution in [0.25, 0.3) is 0 Å². The Morgan fingerprint density at radius 3 is 2.50 bits per heavy atom. The van der Waals surface area contributed by atoms with Gasteiger partial charge in [-0.25, -0.2) is 4.79 Å². The van der Waals surface area contributed by atoms with E-state index in [0.29, 0.717) is 18.8 Å². The van der Waals surface area contributed by atoms with Gasteiger partial charge in [0, 0.05) is 0 Å². The van der Waals surface area contributed by atoms with E-state index in [1.807, 2.05) is 6.07 Å². The monoisotopic (exact) mass is 212 g/mol. The van der Waals surface area contributed by atoms with E-state index in [9.17, 15) is 4.79 Å². The lowest BCUT2D eigenvalue weighted by Crippen LogP contribution is -2.00. The molecule has 0 atom stereocenters. The summed E-state index contributed by atoms with van der Waals surface area (Å²) in [6, 6.07) is 8.77. The maximum absolute atomic E-state index is 11.4. The van der Waals surface area contributed by atoms with Gasteiger partial charge in [-0.3, -0.25) is 9.05 Å². The zero-order chi connectivity index (χ0) is 9.80. The van der Waals surface area contributed by atoms with E-state index in [1.165, 1.54) is 0 Å². The summed E-state index contributed by atoms with van der Waals surface area (Å²) in [6.07, 6.45) is 0. The third-order valence-corrected chi connectivity index (χ3v) is 2.75. The summed E-state index contributed by atoms with van der Waals surface area (Å²) >= 11 is 0. The van der Waals surface area contributed by atoms with Gasteiger partial charge in [-0.05, 0) is 12.1 Å². The smallest absolute Gasteiger partial charge is 0.390 e. The van der Waals surface area contributed by atoms with E-state index in [4.69, 9.17) is 13.6 Å². The van der Waals surface area contributed by atoms with Gasteiger partial charge in [0.2, 0.25) is 0 Å². The first-order valence-electron chi connectivity index (χ1n) is 4.19. The second kappa shape index (κ2) is 4.51. The van der Waals surface area contributed by atoms with Crippen LogP contribution in [0.5, 0.6) is 0 Å². The topological polar surface area (TPSA) is 44.8 Å². The van der Waals surface area contributed by atoms with Gasteiger partial charge in [-0.2, -0.15) is 0 Å². The van der Waals surface area contributed by atoms with Crippen LogP contribution in [0.1, 0.15) is 10.4 Å². The van der Waals surface area contributed by atoms with Gasteiger partial charge in [0.05, 0.1) is 18.8 Å². The van der Waals surface area contributed by atoms with E-state index < -0.39 is 14.6 Å². The largest absolute Gasteiger partial charge is 0.399 e. The Labute approximate surface area is 82.8 Å². The molecule has 14 heavy (non-hydrogen) atoms. The van der Waals surface area contributed by atoms with E-state index in [-0.39, 0.29) is 0 Å². The van der Waals surface area contributed by atoms with Gasteiger partial charge in [0.15, 0.2) is 0 Å². The Morgan fingerprint density at radius 2 is 1.86 bits per heavy atom. The summed E-state index contributed by atoms with van der Waals surface area (Å²) in [5.41, 5.74) is 0.508. The van der Waals surface area contributed by atoms with Crippen LogP contribution in [-0.2, 0) is 13.6 Å². The van der Waals surface area contributed by atoms with Crippen LogP contribution in [0.4, 0.5) is 0 Å². The third-order valence-electron chi connectivity index (χ3n) is 1.64. The predicted octanol–water partition coefficient (Wildman–Crippen LogP) is 2.12. The molecule has 0 unspecified atom stereocenters.